The summed E-state index contributed by atoms with van der Waals surface area (Å²) in [5.74, 6) is 0.629. The first kappa shape index (κ1) is 18.5. The van der Waals surface area contributed by atoms with E-state index in [4.69, 9.17) is 4.74 Å². The topological polar surface area (TPSA) is 59.4 Å². The Labute approximate surface area is 155 Å². The maximum atomic E-state index is 12.3. The van der Waals surface area contributed by atoms with Crippen molar-refractivity contribution >= 4 is 5.91 Å². The van der Waals surface area contributed by atoms with Gasteiger partial charge in [-0.15, -0.1) is 0 Å². The minimum Gasteiger partial charge on any atom is -0.484 e. The van der Waals surface area contributed by atoms with Crippen LogP contribution in [0.15, 0.2) is 36.7 Å². The van der Waals surface area contributed by atoms with E-state index < -0.39 is 0 Å². The van der Waals surface area contributed by atoms with Crippen LogP contribution in [0.5, 0.6) is 5.75 Å². The highest BCUT2D eigenvalue weighted by Gasteiger charge is 2.27. The zero-order valence-corrected chi connectivity index (χ0v) is 15.8. The molecule has 0 spiro atoms. The van der Waals surface area contributed by atoms with E-state index in [9.17, 15) is 4.79 Å². The van der Waals surface area contributed by atoms with Gasteiger partial charge in [0.1, 0.15) is 5.75 Å². The van der Waals surface area contributed by atoms with Crippen molar-refractivity contribution in [3.05, 3.63) is 36.7 Å². The molecule has 1 fully saturated rings. The van der Waals surface area contributed by atoms with Crippen molar-refractivity contribution in [2.75, 3.05) is 20.7 Å². The lowest BCUT2D eigenvalue weighted by atomic mass is 9.89. The highest BCUT2D eigenvalue weighted by molar-refractivity contribution is 5.78. The van der Waals surface area contributed by atoms with Gasteiger partial charge >= 0.3 is 0 Å². The third-order valence-corrected chi connectivity index (χ3v) is 4.98. The van der Waals surface area contributed by atoms with Crippen LogP contribution in [0, 0.1) is 0 Å². The number of nitrogens with one attached hydrogen (secondary N) is 1. The van der Waals surface area contributed by atoms with E-state index in [2.05, 4.69) is 29.4 Å². The Hall–Kier alpha value is -2.34. The standard InChI is InChI=1S/C20H28N4O2/c1-23(2)19-10-5-4-9-18(19)22-20(25)14-26-17-8-6-7-15(11-17)16-12-21-24(3)13-16/h6-8,11-13,18-19H,4-5,9-10,14H2,1-3H3,(H,22,25)/t18?,19-/m0/s1. The molecule has 2 atom stereocenters. The second kappa shape index (κ2) is 8.36. The van der Waals surface area contributed by atoms with E-state index in [1.165, 1.54) is 12.8 Å². The second-order valence-corrected chi connectivity index (χ2v) is 7.21. The van der Waals surface area contributed by atoms with Gasteiger partial charge in [-0.05, 0) is 44.6 Å². The highest BCUT2D eigenvalue weighted by Crippen LogP contribution is 2.24. The zero-order chi connectivity index (χ0) is 18.5. The fourth-order valence-corrected chi connectivity index (χ4v) is 3.63. The Kier molecular flexibility index (Phi) is 5.93. The van der Waals surface area contributed by atoms with Crippen LogP contribution < -0.4 is 10.1 Å². The van der Waals surface area contributed by atoms with Crippen molar-refractivity contribution in [3.8, 4) is 16.9 Å². The van der Waals surface area contributed by atoms with Gasteiger partial charge in [0.15, 0.2) is 6.61 Å². The number of aromatic nitrogens is 2. The van der Waals surface area contributed by atoms with Crippen molar-refractivity contribution in [1.29, 1.82) is 0 Å². The predicted molar refractivity (Wildman–Crippen MR) is 102 cm³/mol. The van der Waals surface area contributed by atoms with Gasteiger partial charge < -0.3 is 15.0 Å². The predicted octanol–water partition coefficient (Wildman–Crippen LogP) is 2.45. The summed E-state index contributed by atoms with van der Waals surface area (Å²) in [6.45, 7) is 0.0349. The molecule has 0 bridgehead atoms. The van der Waals surface area contributed by atoms with Crippen LogP contribution in [0.3, 0.4) is 0 Å². The summed E-state index contributed by atoms with van der Waals surface area (Å²) in [4.78, 5) is 14.6. The summed E-state index contributed by atoms with van der Waals surface area (Å²) in [6.07, 6.45) is 8.33. The number of rotatable bonds is 6. The summed E-state index contributed by atoms with van der Waals surface area (Å²) < 4.78 is 7.49. The van der Waals surface area contributed by atoms with Crippen molar-refractivity contribution in [3.63, 3.8) is 0 Å². The first-order valence-electron chi connectivity index (χ1n) is 9.20. The monoisotopic (exact) mass is 356 g/mol. The highest BCUT2D eigenvalue weighted by atomic mass is 16.5. The number of hydrogen-bond acceptors (Lipinski definition) is 4. The van der Waals surface area contributed by atoms with Gasteiger partial charge in [0, 0.05) is 30.9 Å². The lowest BCUT2D eigenvalue weighted by Crippen LogP contribution is -2.52. The molecule has 26 heavy (non-hydrogen) atoms. The second-order valence-electron chi connectivity index (χ2n) is 7.21. The summed E-state index contributed by atoms with van der Waals surface area (Å²) in [7, 11) is 6.05. The molecular formula is C20H28N4O2. The van der Waals surface area contributed by atoms with Crippen LogP contribution in [-0.2, 0) is 11.8 Å². The summed E-state index contributed by atoms with van der Waals surface area (Å²) in [6, 6.07) is 8.36. The number of aryl methyl sites for hydroxylation is 1. The van der Waals surface area contributed by atoms with Crippen molar-refractivity contribution < 1.29 is 9.53 Å². The number of nitrogens with zero attached hydrogens (tertiary/aromatic N) is 3. The maximum Gasteiger partial charge on any atom is 0.258 e. The molecule has 1 aromatic heterocycles. The average molecular weight is 356 g/mol. The number of ether oxygens (including phenoxy) is 1. The molecule has 0 saturated heterocycles. The Morgan fingerprint density at radius 1 is 1.31 bits per heavy atom. The minimum atomic E-state index is -0.0597. The van der Waals surface area contributed by atoms with Gasteiger partial charge in [0.25, 0.3) is 5.91 Å². The molecule has 3 rings (SSSR count). The summed E-state index contributed by atoms with van der Waals surface area (Å²) in [5.41, 5.74) is 2.05. The lowest BCUT2D eigenvalue weighted by molar-refractivity contribution is -0.124. The summed E-state index contributed by atoms with van der Waals surface area (Å²) in [5, 5.41) is 7.34. The van der Waals surface area contributed by atoms with Gasteiger partial charge in [-0.2, -0.15) is 5.10 Å². The van der Waals surface area contributed by atoms with E-state index in [0.717, 1.165) is 24.0 Å². The largest absolute Gasteiger partial charge is 0.484 e. The molecule has 1 unspecified atom stereocenters. The number of carbonyl (C=O) groups is 1. The van der Waals surface area contributed by atoms with E-state index in [-0.39, 0.29) is 18.6 Å². The number of carbonyl (C=O) groups excluding carboxylic acids is 1. The Balaban J connectivity index is 1.56. The molecule has 6 nitrogen and oxygen atoms in total. The van der Waals surface area contributed by atoms with Crippen molar-refractivity contribution in [2.45, 2.75) is 37.8 Å². The zero-order valence-electron chi connectivity index (χ0n) is 15.8. The fourth-order valence-electron chi connectivity index (χ4n) is 3.63. The molecule has 1 aromatic carbocycles. The van der Waals surface area contributed by atoms with Crippen molar-refractivity contribution in [2.24, 2.45) is 7.05 Å². The molecule has 2 aromatic rings. The third kappa shape index (κ3) is 4.64. The van der Waals surface area contributed by atoms with E-state index in [1.807, 2.05) is 43.7 Å². The molecule has 1 aliphatic rings. The van der Waals surface area contributed by atoms with Crippen LogP contribution in [0.25, 0.3) is 11.1 Å². The van der Waals surface area contributed by atoms with Crippen LogP contribution in [-0.4, -0.2) is 53.4 Å². The van der Waals surface area contributed by atoms with Crippen LogP contribution in [0.4, 0.5) is 0 Å². The molecule has 0 radical (unpaired) electrons. The Morgan fingerprint density at radius 2 is 2.12 bits per heavy atom. The van der Waals surface area contributed by atoms with Crippen LogP contribution >= 0.6 is 0 Å². The third-order valence-electron chi connectivity index (χ3n) is 4.98. The smallest absolute Gasteiger partial charge is 0.258 e. The number of benzene rings is 1. The quantitative estimate of drug-likeness (QED) is 0.864. The molecule has 1 N–H and O–H groups in total. The van der Waals surface area contributed by atoms with E-state index in [0.29, 0.717) is 11.8 Å². The Morgan fingerprint density at radius 3 is 2.85 bits per heavy atom. The number of likely N-dealkylation sites (N-methyl/N-ethyl adjacent to an activating group) is 1. The van der Waals surface area contributed by atoms with Gasteiger partial charge in [-0.1, -0.05) is 25.0 Å². The molecule has 0 aliphatic heterocycles. The molecular weight excluding hydrogens is 328 g/mol. The molecule has 1 saturated carbocycles. The first-order chi connectivity index (χ1) is 12.5. The van der Waals surface area contributed by atoms with Crippen LogP contribution in [0.2, 0.25) is 0 Å². The molecule has 1 amide bonds. The minimum absolute atomic E-state index is 0.0349. The SMILES string of the molecule is CN(C)[C@H]1CCCCC1NC(=O)COc1cccc(-c2cnn(C)c2)c1. The van der Waals surface area contributed by atoms with Crippen LogP contribution in [0.1, 0.15) is 25.7 Å². The molecule has 6 heteroatoms. The molecule has 1 aliphatic carbocycles. The van der Waals surface area contributed by atoms with E-state index >= 15 is 0 Å². The molecule has 140 valence electrons. The van der Waals surface area contributed by atoms with Gasteiger partial charge in [-0.25, -0.2) is 0 Å². The first-order valence-corrected chi connectivity index (χ1v) is 9.20. The maximum absolute atomic E-state index is 12.3. The van der Waals surface area contributed by atoms with Crippen molar-refractivity contribution in [1.82, 2.24) is 20.0 Å². The average Bonchev–Trinajstić information content (AvgIpc) is 3.07. The fraction of sp³-hybridized carbons (Fsp3) is 0.500. The molecule has 1 heterocycles. The summed E-state index contributed by atoms with van der Waals surface area (Å²) >= 11 is 0. The lowest BCUT2D eigenvalue weighted by Gasteiger charge is -2.36. The van der Waals surface area contributed by atoms with Gasteiger partial charge in [0.2, 0.25) is 0 Å². The van der Waals surface area contributed by atoms with Gasteiger partial charge in [-0.3, -0.25) is 9.48 Å². The normalized spacial score (nSPS) is 20.2. The number of hydrogen-bond donors (Lipinski definition) is 1. The Bertz CT molecular complexity index is 741. The van der Waals surface area contributed by atoms with E-state index in [1.54, 1.807) is 4.68 Å². The number of amides is 1. The van der Waals surface area contributed by atoms with Gasteiger partial charge in [0.05, 0.1) is 6.20 Å².